The van der Waals surface area contributed by atoms with Gasteiger partial charge in [0.2, 0.25) is 5.91 Å². The van der Waals surface area contributed by atoms with Crippen molar-refractivity contribution in [2.24, 2.45) is 5.92 Å². The second-order valence-corrected chi connectivity index (χ2v) is 4.35. The van der Waals surface area contributed by atoms with Crippen LogP contribution >= 0.6 is 27.5 Å². The maximum atomic E-state index is 11.5. The molecular weight excluding hydrogens is 297 g/mol. The van der Waals surface area contributed by atoms with Gasteiger partial charge >= 0.3 is 5.97 Å². The topological polar surface area (TPSA) is 66.4 Å². The summed E-state index contributed by atoms with van der Waals surface area (Å²) in [5.74, 6) is -2.86. The molecule has 2 N–H and O–H groups in total. The van der Waals surface area contributed by atoms with Gasteiger partial charge in [-0.1, -0.05) is 17.7 Å². The van der Waals surface area contributed by atoms with Gasteiger partial charge in [0.25, 0.3) is 0 Å². The summed E-state index contributed by atoms with van der Waals surface area (Å²) in [7, 11) is 0. The number of anilines is 1. The Morgan fingerprint density at radius 3 is 2.69 bits per heavy atom. The highest BCUT2D eigenvalue weighted by molar-refractivity contribution is 9.10. The first-order valence-corrected chi connectivity index (χ1v) is 5.58. The van der Waals surface area contributed by atoms with Gasteiger partial charge in [-0.3, -0.25) is 9.59 Å². The molecule has 1 aromatic rings. The quantitative estimate of drug-likeness (QED) is 0.844. The highest BCUT2D eigenvalue weighted by Gasteiger charge is 2.21. The van der Waals surface area contributed by atoms with E-state index in [1.165, 1.54) is 6.92 Å². The molecule has 0 aliphatic carbocycles. The number of carboxylic acids is 1. The average molecular weight is 307 g/mol. The first-order chi connectivity index (χ1) is 7.43. The maximum Gasteiger partial charge on any atom is 0.315 e. The highest BCUT2D eigenvalue weighted by atomic mass is 79.9. The molecule has 86 valence electrons. The van der Waals surface area contributed by atoms with Crippen LogP contribution in [-0.2, 0) is 9.59 Å². The van der Waals surface area contributed by atoms with Crippen LogP contribution in [0.5, 0.6) is 0 Å². The van der Waals surface area contributed by atoms with E-state index in [4.69, 9.17) is 16.7 Å². The molecule has 0 aliphatic rings. The Morgan fingerprint density at radius 1 is 1.50 bits per heavy atom. The van der Waals surface area contributed by atoms with Crippen LogP contribution in [0.4, 0.5) is 5.69 Å². The molecule has 1 rings (SSSR count). The summed E-state index contributed by atoms with van der Waals surface area (Å²) in [6.07, 6.45) is 0. The SMILES string of the molecule is CC(C(=O)O)C(=O)Nc1cccc(Cl)c1Br. The van der Waals surface area contributed by atoms with E-state index in [0.717, 1.165) is 0 Å². The van der Waals surface area contributed by atoms with Gasteiger partial charge in [-0.2, -0.15) is 0 Å². The first-order valence-electron chi connectivity index (χ1n) is 4.41. The van der Waals surface area contributed by atoms with E-state index in [0.29, 0.717) is 15.2 Å². The van der Waals surface area contributed by atoms with E-state index >= 15 is 0 Å². The van der Waals surface area contributed by atoms with Crippen molar-refractivity contribution in [1.82, 2.24) is 0 Å². The molecule has 4 nitrogen and oxygen atoms in total. The lowest BCUT2D eigenvalue weighted by molar-refractivity contribution is -0.144. The standard InChI is InChI=1S/C10H9BrClNO3/c1-5(10(15)16)9(14)13-7-4-2-3-6(12)8(7)11/h2-5H,1H3,(H,13,14)(H,15,16). The summed E-state index contributed by atoms with van der Waals surface area (Å²) < 4.78 is 0.530. The van der Waals surface area contributed by atoms with Gasteiger partial charge in [0.05, 0.1) is 15.2 Å². The van der Waals surface area contributed by atoms with Crippen molar-refractivity contribution >= 4 is 45.1 Å². The summed E-state index contributed by atoms with van der Waals surface area (Å²) in [6.45, 7) is 1.32. The van der Waals surface area contributed by atoms with Gasteiger partial charge in [-0.25, -0.2) is 0 Å². The number of hydrogen-bond donors (Lipinski definition) is 2. The Hall–Kier alpha value is -1.07. The Kier molecular flexibility index (Phi) is 4.32. The number of carbonyl (C=O) groups excluding carboxylic acids is 1. The number of carbonyl (C=O) groups is 2. The van der Waals surface area contributed by atoms with Crippen LogP contribution in [0.2, 0.25) is 5.02 Å². The molecule has 0 fully saturated rings. The molecule has 0 radical (unpaired) electrons. The van der Waals surface area contributed by atoms with Crippen LogP contribution in [0.25, 0.3) is 0 Å². The Morgan fingerprint density at radius 2 is 2.12 bits per heavy atom. The van der Waals surface area contributed by atoms with Gasteiger partial charge < -0.3 is 10.4 Å². The molecule has 0 aliphatic heterocycles. The van der Waals surface area contributed by atoms with Crippen LogP contribution in [0.1, 0.15) is 6.92 Å². The van der Waals surface area contributed by atoms with Crippen molar-refractivity contribution in [2.75, 3.05) is 5.32 Å². The summed E-state index contributed by atoms with van der Waals surface area (Å²) in [6, 6.07) is 4.94. The monoisotopic (exact) mass is 305 g/mol. The van der Waals surface area contributed by atoms with Crippen molar-refractivity contribution in [2.45, 2.75) is 6.92 Å². The van der Waals surface area contributed by atoms with E-state index in [9.17, 15) is 9.59 Å². The number of rotatable bonds is 3. The minimum Gasteiger partial charge on any atom is -0.481 e. The lowest BCUT2D eigenvalue weighted by atomic mass is 10.1. The van der Waals surface area contributed by atoms with Gasteiger partial charge in [-0.15, -0.1) is 0 Å². The third-order valence-electron chi connectivity index (χ3n) is 1.97. The second-order valence-electron chi connectivity index (χ2n) is 3.15. The fraction of sp³-hybridized carbons (Fsp3) is 0.200. The summed E-state index contributed by atoms with van der Waals surface area (Å²) >= 11 is 9.03. The molecular formula is C10H9BrClNO3. The minimum absolute atomic E-state index is 0.445. The zero-order valence-electron chi connectivity index (χ0n) is 8.33. The maximum absolute atomic E-state index is 11.5. The Bertz CT molecular complexity index is 436. The van der Waals surface area contributed by atoms with Crippen LogP contribution < -0.4 is 5.32 Å². The van der Waals surface area contributed by atoms with Crippen molar-refractivity contribution in [3.8, 4) is 0 Å². The summed E-state index contributed by atoms with van der Waals surface area (Å²) in [5.41, 5.74) is 0.450. The molecule has 1 unspecified atom stereocenters. The fourth-order valence-electron chi connectivity index (χ4n) is 0.953. The van der Waals surface area contributed by atoms with Gasteiger partial charge in [-0.05, 0) is 35.0 Å². The Balaban J connectivity index is 2.85. The molecule has 1 aromatic carbocycles. The number of hydrogen-bond acceptors (Lipinski definition) is 2. The van der Waals surface area contributed by atoms with Crippen LogP contribution in [0, 0.1) is 5.92 Å². The van der Waals surface area contributed by atoms with E-state index in [1.807, 2.05) is 0 Å². The normalized spacial score (nSPS) is 11.9. The van der Waals surface area contributed by atoms with Gasteiger partial charge in [0.15, 0.2) is 0 Å². The minimum atomic E-state index is -1.17. The third kappa shape index (κ3) is 2.96. The summed E-state index contributed by atoms with van der Waals surface area (Å²) in [5, 5.41) is 11.6. The van der Waals surface area contributed by atoms with E-state index in [2.05, 4.69) is 21.2 Å². The fourth-order valence-corrected chi connectivity index (χ4v) is 1.49. The van der Waals surface area contributed by atoms with Crippen LogP contribution in [-0.4, -0.2) is 17.0 Å². The molecule has 1 amide bonds. The van der Waals surface area contributed by atoms with E-state index < -0.39 is 17.8 Å². The van der Waals surface area contributed by atoms with Crippen molar-refractivity contribution in [3.63, 3.8) is 0 Å². The molecule has 1 atom stereocenters. The van der Waals surface area contributed by atoms with Crippen molar-refractivity contribution in [1.29, 1.82) is 0 Å². The van der Waals surface area contributed by atoms with Crippen molar-refractivity contribution in [3.05, 3.63) is 27.7 Å². The summed E-state index contributed by atoms with van der Waals surface area (Å²) in [4.78, 5) is 22.0. The first kappa shape index (κ1) is 13.0. The van der Waals surface area contributed by atoms with Crippen molar-refractivity contribution < 1.29 is 14.7 Å². The average Bonchev–Trinajstić information content (AvgIpc) is 2.23. The molecule has 6 heteroatoms. The number of amides is 1. The molecule has 0 saturated heterocycles. The van der Waals surface area contributed by atoms with Crippen LogP contribution in [0.15, 0.2) is 22.7 Å². The predicted octanol–water partition coefficient (Wildman–Crippen LogP) is 2.76. The lowest BCUT2D eigenvalue weighted by Gasteiger charge is -2.10. The largest absolute Gasteiger partial charge is 0.481 e. The van der Waals surface area contributed by atoms with E-state index in [-0.39, 0.29) is 0 Å². The Labute approximate surface area is 106 Å². The smallest absolute Gasteiger partial charge is 0.315 e. The number of benzene rings is 1. The zero-order chi connectivity index (χ0) is 12.3. The number of carboxylic acid groups (broad SMARTS) is 1. The number of halogens is 2. The lowest BCUT2D eigenvalue weighted by Crippen LogP contribution is -2.27. The number of aliphatic carboxylic acids is 1. The predicted molar refractivity (Wildman–Crippen MR) is 64.6 cm³/mol. The molecule has 0 saturated carbocycles. The van der Waals surface area contributed by atoms with Gasteiger partial charge in [0.1, 0.15) is 5.92 Å². The molecule has 0 heterocycles. The number of nitrogens with one attached hydrogen (secondary N) is 1. The molecule has 0 bridgehead atoms. The van der Waals surface area contributed by atoms with Crippen LogP contribution in [0.3, 0.4) is 0 Å². The highest BCUT2D eigenvalue weighted by Crippen LogP contribution is 2.30. The second kappa shape index (κ2) is 5.32. The zero-order valence-corrected chi connectivity index (χ0v) is 10.7. The molecule has 0 aromatic heterocycles. The van der Waals surface area contributed by atoms with Gasteiger partial charge in [0, 0.05) is 0 Å². The third-order valence-corrected chi connectivity index (χ3v) is 3.37. The molecule has 0 spiro atoms. The molecule has 16 heavy (non-hydrogen) atoms. The van der Waals surface area contributed by atoms with E-state index in [1.54, 1.807) is 18.2 Å².